The SMILES string of the molecule is CC.CC.CC.CCCCC(CCC)C(C)CCCC(CC(C)CCC(C)(C)CC)C(C)CCC(C)CC(C)C(C)C(C)CC. The molecule has 0 aromatic heterocycles. The van der Waals surface area contributed by atoms with E-state index in [4.69, 9.17) is 0 Å². The Labute approximate surface area is 292 Å². The van der Waals surface area contributed by atoms with Gasteiger partial charge >= 0.3 is 0 Å². The second-order valence-electron chi connectivity index (χ2n) is 15.9. The molecule has 0 aliphatic rings. The lowest BCUT2D eigenvalue weighted by molar-refractivity contribution is 0.198. The molecule has 0 heteroatoms. The van der Waals surface area contributed by atoms with Crippen molar-refractivity contribution in [3.05, 3.63) is 0 Å². The average Bonchev–Trinajstić information content (AvgIpc) is 3.05. The third kappa shape index (κ3) is 27.6. The van der Waals surface area contributed by atoms with Crippen LogP contribution >= 0.6 is 0 Å². The van der Waals surface area contributed by atoms with Gasteiger partial charge in [-0.2, -0.15) is 0 Å². The minimum absolute atomic E-state index is 0.510. The van der Waals surface area contributed by atoms with Crippen molar-refractivity contribution in [1.29, 1.82) is 0 Å². The second kappa shape index (κ2) is 33.9. The maximum atomic E-state index is 2.62. The highest BCUT2D eigenvalue weighted by Gasteiger charge is 2.25. The smallest absolute Gasteiger partial charge is 0.0357 e. The van der Waals surface area contributed by atoms with E-state index < -0.39 is 0 Å². The maximum Gasteiger partial charge on any atom is -0.0357 e. The third-order valence-electron chi connectivity index (χ3n) is 11.7. The molecule has 0 radical (unpaired) electrons. The maximum absolute atomic E-state index is 2.62. The highest BCUT2D eigenvalue weighted by atomic mass is 14.3. The molecule has 0 aliphatic heterocycles. The Hall–Kier alpha value is 0. The van der Waals surface area contributed by atoms with Crippen LogP contribution in [-0.4, -0.2) is 0 Å². The van der Waals surface area contributed by atoms with Crippen molar-refractivity contribution in [3.8, 4) is 0 Å². The molecule has 0 saturated carbocycles. The molecule has 0 heterocycles. The zero-order valence-electron chi connectivity index (χ0n) is 36.0. The topological polar surface area (TPSA) is 0 Å². The molecule has 0 fully saturated rings. The van der Waals surface area contributed by atoms with E-state index in [0.29, 0.717) is 5.41 Å². The molecule has 0 spiro atoms. The largest absolute Gasteiger partial charge is 0.0683 e. The number of hydrogen-bond acceptors (Lipinski definition) is 0. The lowest BCUT2D eigenvalue weighted by atomic mass is 9.74. The quantitative estimate of drug-likeness (QED) is 0.0933. The first-order chi connectivity index (χ1) is 21.3. The van der Waals surface area contributed by atoms with Crippen LogP contribution in [0.25, 0.3) is 0 Å². The van der Waals surface area contributed by atoms with Gasteiger partial charge in [-0.25, -0.2) is 0 Å². The predicted molar refractivity (Wildman–Crippen MR) is 216 cm³/mol. The van der Waals surface area contributed by atoms with Gasteiger partial charge in [-0.15, -0.1) is 0 Å². The molecule has 0 aliphatic carbocycles. The van der Waals surface area contributed by atoms with Crippen LogP contribution in [0.2, 0.25) is 0 Å². The first-order valence-corrected chi connectivity index (χ1v) is 21.3. The minimum atomic E-state index is 0.510. The van der Waals surface area contributed by atoms with Crippen LogP contribution in [0.3, 0.4) is 0 Å². The molecule has 0 rings (SSSR count). The molecule has 9 unspecified atom stereocenters. The standard InChI is InChI=1S/C39H80.3C2H6/c1-14-18-22-37(20-15-2)33(8)21-19-23-38(29-31(6)26-27-39(12,13)17-4)34(9)25-24-30(5)28-35(10)36(11)32(7)16-3;3*1-2/h30-38H,14-29H2,1-13H3;3*1-2H3. The van der Waals surface area contributed by atoms with Crippen molar-refractivity contribution < 1.29 is 0 Å². The summed E-state index contributed by atoms with van der Waals surface area (Å²) in [6.07, 6.45) is 22.6. The van der Waals surface area contributed by atoms with Gasteiger partial charge in [0.15, 0.2) is 0 Å². The first-order valence-electron chi connectivity index (χ1n) is 21.3. The Morgan fingerprint density at radius 2 is 0.956 bits per heavy atom. The Bertz CT molecular complexity index is 546. The van der Waals surface area contributed by atoms with Gasteiger partial charge in [-0.1, -0.05) is 215 Å². The molecule has 0 N–H and O–H groups in total. The predicted octanol–water partition coefficient (Wildman–Crippen LogP) is 17.1. The molecule has 0 aromatic rings. The molecule has 0 saturated heterocycles. The number of hydrogen-bond donors (Lipinski definition) is 0. The van der Waals surface area contributed by atoms with Crippen LogP contribution in [0.5, 0.6) is 0 Å². The normalized spacial score (nSPS) is 17.4. The lowest BCUT2D eigenvalue weighted by Crippen LogP contribution is -2.20. The van der Waals surface area contributed by atoms with E-state index in [1.54, 1.807) is 0 Å². The van der Waals surface area contributed by atoms with Crippen molar-refractivity contribution in [2.24, 2.45) is 58.7 Å². The summed E-state index contributed by atoms with van der Waals surface area (Å²) >= 11 is 0. The summed E-state index contributed by atoms with van der Waals surface area (Å²) in [5, 5.41) is 0. The van der Waals surface area contributed by atoms with Crippen molar-refractivity contribution in [1.82, 2.24) is 0 Å². The Balaban J connectivity index is -0.00000131. The fraction of sp³-hybridized carbons (Fsp3) is 1.00. The van der Waals surface area contributed by atoms with Crippen LogP contribution in [0.15, 0.2) is 0 Å². The van der Waals surface area contributed by atoms with Crippen LogP contribution in [0, 0.1) is 58.7 Å². The summed E-state index contributed by atoms with van der Waals surface area (Å²) in [5.74, 6) is 7.96. The summed E-state index contributed by atoms with van der Waals surface area (Å²) in [6, 6.07) is 0. The van der Waals surface area contributed by atoms with E-state index in [9.17, 15) is 0 Å². The summed E-state index contributed by atoms with van der Waals surface area (Å²) in [7, 11) is 0. The third-order valence-corrected chi connectivity index (χ3v) is 11.7. The van der Waals surface area contributed by atoms with E-state index in [-0.39, 0.29) is 0 Å². The van der Waals surface area contributed by atoms with E-state index in [1.807, 2.05) is 41.5 Å². The van der Waals surface area contributed by atoms with E-state index >= 15 is 0 Å². The monoisotopic (exact) mass is 639 g/mol. The molecule has 0 amide bonds. The summed E-state index contributed by atoms with van der Waals surface area (Å²) in [5.41, 5.74) is 0.510. The van der Waals surface area contributed by atoms with E-state index in [2.05, 4.69) is 90.0 Å². The van der Waals surface area contributed by atoms with Gasteiger partial charge in [0.1, 0.15) is 0 Å². The molecule has 0 nitrogen and oxygen atoms in total. The summed E-state index contributed by atoms with van der Waals surface area (Å²) in [6.45, 7) is 44.2. The van der Waals surface area contributed by atoms with Gasteiger partial charge < -0.3 is 0 Å². The molecular formula is C45H98. The van der Waals surface area contributed by atoms with Crippen molar-refractivity contribution in [2.45, 2.75) is 234 Å². The molecule has 0 bridgehead atoms. The van der Waals surface area contributed by atoms with Crippen molar-refractivity contribution in [2.75, 3.05) is 0 Å². The molecular weight excluding hydrogens is 540 g/mol. The summed E-state index contributed by atoms with van der Waals surface area (Å²) in [4.78, 5) is 0. The lowest BCUT2D eigenvalue weighted by Gasteiger charge is -2.31. The van der Waals surface area contributed by atoms with Crippen molar-refractivity contribution in [3.63, 3.8) is 0 Å². The molecule has 0 aromatic carbocycles. The van der Waals surface area contributed by atoms with E-state index in [1.165, 1.54) is 103 Å². The fourth-order valence-corrected chi connectivity index (χ4v) is 7.25. The number of unbranched alkanes of at least 4 members (excludes halogenated alkanes) is 1. The Morgan fingerprint density at radius 1 is 0.444 bits per heavy atom. The van der Waals surface area contributed by atoms with Crippen LogP contribution in [0.1, 0.15) is 234 Å². The summed E-state index contributed by atoms with van der Waals surface area (Å²) < 4.78 is 0. The zero-order chi connectivity index (χ0) is 36.0. The van der Waals surface area contributed by atoms with Gasteiger partial charge in [-0.05, 0) is 77.9 Å². The van der Waals surface area contributed by atoms with Gasteiger partial charge in [0, 0.05) is 0 Å². The minimum Gasteiger partial charge on any atom is -0.0683 e. The molecule has 9 atom stereocenters. The van der Waals surface area contributed by atoms with E-state index in [0.717, 1.165) is 53.3 Å². The van der Waals surface area contributed by atoms with Crippen LogP contribution in [-0.2, 0) is 0 Å². The van der Waals surface area contributed by atoms with Gasteiger partial charge in [0.05, 0.1) is 0 Å². The second-order valence-corrected chi connectivity index (χ2v) is 15.9. The van der Waals surface area contributed by atoms with Crippen molar-refractivity contribution >= 4 is 0 Å². The zero-order valence-corrected chi connectivity index (χ0v) is 36.0. The molecule has 278 valence electrons. The van der Waals surface area contributed by atoms with Crippen LogP contribution < -0.4 is 0 Å². The molecule has 45 heavy (non-hydrogen) atoms. The highest BCUT2D eigenvalue weighted by molar-refractivity contribution is 4.76. The van der Waals surface area contributed by atoms with Gasteiger partial charge in [0.25, 0.3) is 0 Å². The Morgan fingerprint density at radius 3 is 1.44 bits per heavy atom. The number of rotatable bonds is 25. The highest BCUT2D eigenvalue weighted by Crippen LogP contribution is 2.37. The fourth-order valence-electron chi connectivity index (χ4n) is 7.25. The average molecular weight is 639 g/mol. The first kappa shape index (κ1) is 51.8. The van der Waals surface area contributed by atoms with Gasteiger partial charge in [0.2, 0.25) is 0 Å². The van der Waals surface area contributed by atoms with Gasteiger partial charge in [-0.3, -0.25) is 0 Å². The Kier molecular flexibility index (Phi) is 39.0. The van der Waals surface area contributed by atoms with Crippen LogP contribution in [0.4, 0.5) is 0 Å².